The first-order valence-corrected chi connectivity index (χ1v) is 5.01. The fourth-order valence-electron chi connectivity index (χ4n) is 2.27. The zero-order valence-electron chi connectivity index (χ0n) is 8.35. The van der Waals surface area contributed by atoms with E-state index in [1.807, 2.05) is 0 Å². The minimum absolute atomic E-state index is 0.0467. The molecule has 1 aliphatic heterocycles. The maximum atomic E-state index is 11.7. The fourth-order valence-corrected chi connectivity index (χ4v) is 2.27. The maximum Gasteiger partial charge on any atom is 0.162 e. The monoisotopic (exact) mass is 180 g/mol. The Labute approximate surface area is 79.0 Å². The number of carbonyl (C=O) groups is 1. The first kappa shape index (κ1) is 8.79. The largest absolute Gasteiger partial charge is 0.497 e. The molecule has 0 radical (unpaired) electrons. The number of rotatable bonds is 0. The van der Waals surface area contributed by atoms with Crippen molar-refractivity contribution in [3.05, 3.63) is 11.3 Å². The number of hydrogen-bond acceptors (Lipinski definition) is 2. The highest BCUT2D eigenvalue weighted by molar-refractivity contribution is 5.97. The first-order chi connectivity index (χ1) is 6.11. The third-order valence-electron chi connectivity index (χ3n) is 3.05. The van der Waals surface area contributed by atoms with Crippen molar-refractivity contribution in [2.75, 3.05) is 6.61 Å². The number of ketones is 1. The Kier molecular flexibility index (Phi) is 1.94. The van der Waals surface area contributed by atoms with Crippen molar-refractivity contribution in [2.24, 2.45) is 5.41 Å². The minimum Gasteiger partial charge on any atom is -0.497 e. The summed E-state index contributed by atoms with van der Waals surface area (Å²) in [6.45, 7) is 5.07. The van der Waals surface area contributed by atoms with Gasteiger partial charge in [-0.2, -0.15) is 0 Å². The number of ether oxygens (including phenoxy) is 1. The number of allylic oxidation sites excluding steroid dienone is 2. The van der Waals surface area contributed by atoms with Crippen LogP contribution in [0.5, 0.6) is 0 Å². The van der Waals surface area contributed by atoms with Gasteiger partial charge in [0.05, 0.1) is 6.61 Å². The van der Waals surface area contributed by atoms with Gasteiger partial charge in [0.1, 0.15) is 5.76 Å². The highest BCUT2D eigenvalue weighted by Gasteiger charge is 2.37. The number of Topliss-reactive ketones (excluding diaryl/α,β-unsaturated/α-hetero) is 1. The van der Waals surface area contributed by atoms with Gasteiger partial charge in [-0.1, -0.05) is 13.8 Å². The van der Waals surface area contributed by atoms with Gasteiger partial charge in [0.15, 0.2) is 5.78 Å². The van der Waals surface area contributed by atoms with E-state index in [4.69, 9.17) is 4.74 Å². The quantitative estimate of drug-likeness (QED) is 0.572. The van der Waals surface area contributed by atoms with Crippen LogP contribution in [0.1, 0.15) is 39.5 Å². The summed E-state index contributed by atoms with van der Waals surface area (Å²) in [4.78, 5) is 11.7. The summed E-state index contributed by atoms with van der Waals surface area (Å²) in [6.07, 6.45) is 3.61. The third kappa shape index (κ3) is 1.38. The van der Waals surface area contributed by atoms with Gasteiger partial charge in [0, 0.05) is 18.4 Å². The predicted octanol–water partition coefficient (Wildman–Crippen LogP) is 2.44. The molecule has 2 heteroatoms. The molecule has 0 bridgehead atoms. The van der Waals surface area contributed by atoms with Gasteiger partial charge < -0.3 is 4.74 Å². The summed E-state index contributed by atoms with van der Waals surface area (Å²) >= 11 is 0. The van der Waals surface area contributed by atoms with E-state index in [-0.39, 0.29) is 5.41 Å². The molecule has 2 rings (SSSR count). The van der Waals surface area contributed by atoms with E-state index in [2.05, 4.69) is 13.8 Å². The Balaban J connectivity index is 2.43. The van der Waals surface area contributed by atoms with E-state index in [9.17, 15) is 4.79 Å². The topological polar surface area (TPSA) is 26.3 Å². The van der Waals surface area contributed by atoms with Crippen LogP contribution in [-0.4, -0.2) is 12.4 Å². The number of carbonyl (C=O) groups excluding carboxylic acids is 1. The average Bonchev–Trinajstić information content (AvgIpc) is 2.02. The summed E-state index contributed by atoms with van der Waals surface area (Å²) in [5.41, 5.74) is 1.02. The SMILES string of the molecule is CC1(C)CCOC2=C1C(=O)CCC2. The molecular weight excluding hydrogens is 164 g/mol. The van der Waals surface area contributed by atoms with Crippen molar-refractivity contribution in [3.63, 3.8) is 0 Å². The summed E-state index contributed by atoms with van der Waals surface area (Å²) in [5, 5.41) is 0. The summed E-state index contributed by atoms with van der Waals surface area (Å²) < 4.78 is 5.55. The molecule has 0 saturated heterocycles. The van der Waals surface area contributed by atoms with Crippen molar-refractivity contribution in [2.45, 2.75) is 39.5 Å². The lowest BCUT2D eigenvalue weighted by Crippen LogP contribution is -2.31. The van der Waals surface area contributed by atoms with E-state index in [1.165, 1.54) is 0 Å². The molecule has 72 valence electrons. The lowest BCUT2D eigenvalue weighted by molar-refractivity contribution is -0.118. The van der Waals surface area contributed by atoms with Gasteiger partial charge in [-0.3, -0.25) is 4.79 Å². The summed E-state index contributed by atoms with van der Waals surface area (Å²) in [6, 6.07) is 0. The van der Waals surface area contributed by atoms with Gasteiger partial charge in [0.2, 0.25) is 0 Å². The van der Waals surface area contributed by atoms with Gasteiger partial charge in [-0.15, -0.1) is 0 Å². The van der Waals surface area contributed by atoms with Crippen LogP contribution >= 0.6 is 0 Å². The zero-order valence-corrected chi connectivity index (χ0v) is 8.35. The van der Waals surface area contributed by atoms with Crippen molar-refractivity contribution in [3.8, 4) is 0 Å². The molecule has 0 aromatic carbocycles. The summed E-state index contributed by atoms with van der Waals surface area (Å²) in [5.74, 6) is 1.29. The second kappa shape index (κ2) is 2.86. The third-order valence-corrected chi connectivity index (χ3v) is 3.05. The van der Waals surface area contributed by atoms with E-state index in [0.29, 0.717) is 12.2 Å². The van der Waals surface area contributed by atoms with Crippen LogP contribution in [0.2, 0.25) is 0 Å². The van der Waals surface area contributed by atoms with Crippen LogP contribution in [0.25, 0.3) is 0 Å². The predicted molar refractivity (Wildman–Crippen MR) is 50.2 cm³/mol. The molecule has 0 atom stereocenters. The second-order valence-electron chi connectivity index (χ2n) is 4.56. The lowest BCUT2D eigenvalue weighted by atomic mass is 9.74. The van der Waals surface area contributed by atoms with E-state index in [0.717, 1.165) is 37.2 Å². The van der Waals surface area contributed by atoms with Gasteiger partial charge in [-0.25, -0.2) is 0 Å². The van der Waals surface area contributed by atoms with Gasteiger partial charge >= 0.3 is 0 Å². The number of hydrogen-bond donors (Lipinski definition) is 0. The zero-order chi connectivity index (χ0) is 9.47. The average molecular weight is 180 g/mol. The van der Waals surface area contributed by atoms with Crippen molar-refractivity contribution in [1.82, 2.24) is 0 Å². The maximum absolute atomic E-state index is 11.7. The molecule has 0 unspecified atom stereocenters. The van der Waals surface area contributed by atoms with Crippen LogP contribution in [0, 0.1) is 5.41 Å². The molecule has 1 aliphatic carbocycles. The molecule has 1 heterocycles. The van der Waals surface area contributed by atoms with Crippen LogP contribution in [0.3, 0.4) is 0 Å². The van der Waals surface area contributed by atoms with Crippen LogP contribution < -0.4 is 0 Å². The van der Waals surface area contributed by atoms with E-state index in [1.54, 1.807) is 0 Å². The minimum atomic E-state index is 0.0467. The highest BCUT2D eigenvalue weighted by Crippen LogP contribution is 2.41. The lowest BCUT2D eigenvalue weighted by Gasteiger charge is -2.36. The molecular formula is C11H16O2. The molecule has 2 aliphatic rings. The standard InChI is InChI=1S/C11H16O2/c1-11(2)6-7-13-9-5-3-4-8(12)10(9)11/h3-7H2,1-2H3. The molecule has 0 spiro atoms. The van der Waals surface area contributed by atoms with E-state index < -0.39 is 0 Å². The summed E-state index contributed by atoms with van der Waals surface area (Å²) in [7, 11) is 0. The van der Waals surface area contributed by atoms with E-state index >= 15 is 0 Å². The normalized spacial score (nSPS) is 26.8. The first-order valence-electron chi connectivity index (χ1n) is 5.01. The molecule has 0 amide bonds. The highest BCUT2D eigenvalue weighted by atomic mass is 16.5. The molecule has 0 aromatic rings. The molecule has 0 fully saturated rings. The Morgan fingerprint density at radius 2 is 2.08 bits per heavy atom. The molecule has 2 nitrogen and oxygen atoms in total. The van der Waals surface area contributed by atoms with Crippen molar-refractivity contribution >= 4 is 5.78 Å². The molecule has 0 saturated carbocycles. The van der Waals surface area contributed by atoms with Crippen molar-refractivity contribution in [1.29, 1.82) is 0 Å². The van der Waals surface area contributed by atoms with Crippen LogP contribution in [-0.2, 0) is 9.53 Å². The van der Waals surface area contributed by atoms with Gasteiger partial charge in [0.25, 0.3) is 0 Å². The van der Waals surface area contributed by atoms with Crippen LogP contribution in [0.4, 0.5) is 0 Å². The molecule has 0 N–H and O–H groups in total. The fraction of sp³-hybridized carbons (Fsp3) is 0.727. The Morgan fingerprint density at radius 1 is 1.31 bits per heavy atom. The van der Waals surface area contributed by atoms with Crippen molar-refractivity contribution < 1.29 is 9.53 Å². The molecule has 0 aromatic heterocycles. The Morgan fingerprint density at radius 3 is 2.77 bits per heavy atom. The Hall–Kier alpha value is -0.790. The second-order valence-corrected chi connectivity index (χ2v) is 4.56. The Bertz CT molecular complexity index is 270. The van der Waals surface area contributed by atoms with Crippen LogP contribution in [0.15, 0.2) is 11.3 Å². The van der Waals surface area contributed by atoms with Gasteiger partial charge in [-0.05, 0) is 18.3 Å². The molecule has 13 heavy (non-hydrogen) atoms. The smallest absolute Gasteiger partial charge is 0.162 e.